The Labute approximate surface area is 154 Å². The Morgan fingerprint density at radius 3 is 2.62 bits per heavy atom. The van der Waals surface area contributed by atoms with Crippen molar-refractivity contribution in [3.05, 3.63) is 35.9 Å². The molecule has 1 saturated heterocycles. The molecular formula is C20H26N2O4. The fraction of sp³-hybridized carbons (Fsp3) is 0.500. The lowest BCUT2D eigenvalue weighted by molar-refractivity contribution is 0.0408. The molecule has 1 heterocycles. The van der Waals surface area contributed by atoms with Crippen LogP contribution in [0.5, 0.6) is 0 Å². The average Bonchev–Trinajstić information content (AvgIpc) is 2.58. The van der Waals surface area contributed by atoms with E-state index in [2.05, 4.69) is 11.2 Å². The minimum atomic E-state index is -0.599. The number of carbonyl (C=O) groups is 2. The van der Waals surface area contributed by atoms with Gasteiger partial charge in [-0.2, -0.15) is 0 Å². The SMILES string of the molecule is C#C[C@@H]1[C@H](NC(=O)OC(C)(C)C)CCCN1C(=O)OCc1ccccc1. The molecule has 1 aliphatic heterocycles. The van der Waals surface area contributed by atoms with Crippen molar-refractivity contribution >= 4 is 12.2 Å². The van der Waals surface area contributed by atoms with Gasteiger partial charge in [0.15, 0.2) is 0 Å². The molecule has 0 bridgehead atoms. The number of piperidine rings is 1. The Bertz CT molecular complexity index is 661. The third kappa shape index (κ3) is 5.69. The van der Waals surface area contributed by atoms with Gasteiger partial charge in [0.25, 0.3) is 0 Å². The molecule has 1 aliphatic rings. The van der Waals surface area contributed by atoms with Crippen LogP contribution >= 0.6 is 0 Å². The highest BCUT2D eigenvalue weighted by atomic mass is 16.6. The fourth-order valence-corrected chi connectivity index (χ4v) is 2.82. The molecule has 1 aromatic rings. The summed E-state index contributed by atoms with van der Waals surface area (Å²) < 4.78 is 10.7. The smallest absolute Gasteiger partial charge is 0.411 e. The number of terminal acetylenes is 1. The molecule has 6 nitrogen and oxygen atoms in total. The van der Waals surface area contributed by atoms with Crippen molar-refractivity contribution in [2.75, 3.05) is 6.54 Å². The van der Waals surface area contributed by atoms with Gasteiger partial charge >= 0.3 is 12.2 Å². The standard InChI is InChI=1S/C20H26N2O4/c1-5-17-16(21-18(23)26-20(2,3)4)12-9-13-22(17)19(24)25-14-15-10-7-6-8-11-15/h1,6-8,10-11,16-17H,9,12-14H2,2-4H3,(H,21,23)/t16-,17-/m1/s1. The monoisotopic (exact) mass is 358 g/mol. The number of hydrogen-bond acceptors (Lipinski definition) is 4. The normalized spacial score (nSPS) is 20.0. The Balaban J connectivity index is 1.96. The molecule has 2 atom stereocenters. The number of alkyl carbamates (subject to hydrolysis) is 1. The summed E-state index contributed by atoms with van der Waals surface area (Å²) in [4.78, 5) is 26.0. The van der Waals surface area contributed by atoms with Gasteiger partial charge in [0.05, 0.1) is 6.04 Å². The number of carbonyl (C=O) groups excluding carboxylic acids is 2. The molecule has 1 aromatic carbocycles. The molecule has 0 radical (unpaired) electrons. The Morgan fingerprint density at radius 1 is 1.31 bits per heavy atom. The summed E-state index contributed by atoms with van der Waals surface area (Å²) in [5, 5.41) is 2.78. The average molecular weight is 358 g/mol. The van der Waals surface area contributed by atoms with Gasteiger partial charge in [0, 0.05) is 6.54 Å². The van der Waals surface area contributed by atoms with Crippen molar-refractivity contribution < 1.29 is 19.1 Å². The van der Waals surface area contributed by atoms with Gasteiger partial charge in [-0.3, -0.25) is 4.90 Å². The van der Waals surface area contributed by atoms with Gasteiger partial charge < -0.3 is 14.8 Å². The van der Waals surface area contributed by atoms with Gasteiger partial charge in [-0.15, -0.1) is 6.42 Å². The number of nitrogens with zero attached hydrogens (tertiary/aromatic N) is 1. The van der Waals surface area contributed by atoms with Crippen LogP contribution in [0.25, 0.3) is 0 Å². The third-order valence-electron chi connectivity index (χ3n) is 3.94. The van der Waals surface area contributed by atoms with E-state index >= 15 is 0 Å². The second-order valence-corrected chi connectivity index (χ2v) is 7.24. The molecule has 0 unspecified atom stereocenters. The largest absolute Gasteiger partial charge is 0.445 e. The summed E-state index contributed by atoms with van der Waals surface area (Å²) in [6, 6.07) is 8.50. The number of nitrogens with one attached hydrogen (secondary N) is 1. The summed E-state index contributed by atoms with van der Waals surface area (Å²) in [5.41, 5.74) is 0.303. The molecule has 2 amide bonds. The molecule has 26 heavy (non-hydrogen) atoms. The number of likely N-dealkylation sites (tertiary alicyclic amines) is 1. The first-order chi connectivity index (χ1) is 12.3. The Hall–Kier alpha value is -2.68. The topological polar surface area (TPSA) is 67.9 Å². The minimum Gasteiger partial charge on any atom is -0.445 e. The Kier molecular flexibility index (Phi) is 6.51. The van der Waals surface area contributed by atoms with E-state index in [-0.39, 0.29) is 12.6 Å². The first kappa shape index (κ1) is 19.6. The second kappa shape index (κ2) is 8.61. The molecule has 0 spiro atoms. The van der Waals surface area contributed by atoms with E-state index in [9.17, 15) is 9.59 Å². The third-order valence-corrected chi connectivity index (χ3v) is 3.94. The van der Waals surface area contributed by atoms with Crippen molar-refractivity contribution in [3.63, 3.8) is 0 Å². The summed E-state index contributed by atoms with van der Waals surface area (Å²) >= 11 is 0. The van der Waals surface area contributed by atoms with Crippen LogP contribution in [0, 0.1) is 12.3 Å². The predicted octanol–water partition coefficient (Wildman–Crippen LogP) is 3.31. The highest BCUT2D eigenvalue weighted by molar-refractivity contribution is 5.71. The van der Waals surface area contributed by atoms with Gasteiger partial charge in [0.1, 0.15) is 18.2 Å². The first-order valence-corrected chi connectivity index (χ1v) is 8.73. The summed E-state index contributed by atoms with van der Waals surface area (Å²) in [5.74, 6) is 2.61. The van der Waals surface area contributed by atoms with Gasteiger partial charge in [-0.25, -0.2) is 9.59 Å². The maximum Gasteiger partial charge on any atom is 0.411 e. The molecule has 1 fully saturated rings. The van der Waals surface area contributed by atoms with E-state index in [0.29, 0.717) is 13.0 Å². The highest BCUT2D eigenvalue weighted by Crippen LogP contribution is 2.20. The zero-order chi connectivity index (χ0) is 19.2. The molecule has 0 aromatic heterocycles. The van der Waals surface area contributed by atoms with Crippen molar-refractivity contribution in [3.8, 4) is 12.3 Å². The van der Waals surface area contributed by atoms with E-state index in [0.717, 1.165) is 12.0 Å². The summed E-state index contributed by atoms with van der Waals surface area (Å²) in [6.45, 7) is 6.05. The highest BCUT2D eigenvalue weighted by Gasteiger charge is 2.35. The maximum atomic E-state index is 12.5. The number of hydrogen-bond donors (Lipinski definition) is 1. The fourth-order valence-electron chi connectivity index (χ4n) is 2.82. The van der Waals surface area contributed by atoms with Gasteiger partial charge in [-0.05, 0) is 39.2 Å². The van der Waals surface area contributed by atoms with Crippen molar-refractivity contribution in [1.29, 1.82) is 0 Å². The van der Waals surface area contributed by atoms with Crippen LogP contribution in [0.2, 0.25) is 0 Å². The van der Waals surface area contributed by atoms with Crippen LogP contribution in [0.15, 0.2) is 30.3 Å². The summed E-state index contributed by atoms with van der Waals surface area (Å²) in [6.07, 6.45) is 6.02. The molecule has 6 heteroatoms. The lowest BCUT2D eigenvalue weighted by Gasteiger charge is -2.38. The van der Waals surface area contributed by atoms with E-state index in [1.165, 1.54) is 4.90 Å². The maximum absolute atomic E-state index is 12.5. The zero-order valence-electron chi connectivity index (χ0n) is 15.5. The first-order valence-electron chi connectivity index (χ1n) is 8.73. The van der Waals surface area contributed by atoms with Crippen molar-refractivity contribution in [2.24, 2.45) is 0 Å². The quantitative estimate of drug-likeness (QED) is 0.842. The number of rotatable bonds is 3. The molecule has 2 rings (SSSR count). The summed E-state index contributed by atoms with van der Waals surface area (Å²) in [7, 11) is 0. The molecule has 0 aliphatic carbocycles. The molecular weight excluding hydrogens is 332 g/mol. The van der Waals surface area contributed by atoms with E-state index in [1.807, 2.05) is 30.3 Å². The van der Waals surface area contributed by atoms with E-state index in [1.54, 1.807) is 20.8 Å². The lowest BCUT2D eigenvalue weighted by atomic mass is 9.97. The lowest BCUT2D eigenvalue weighted by Crippen LogP contribution is -2.57. The van der Waals surface area contributed by atoms with Crippen LogP contribution in [0.3, 0.4) is 0 Å². The van der Waals surface area contributed by atoms with Crippen molar-refractivity contribution in [1.82, 2.24) is 10.2 Å². The molecule has 140 valence electrons. The van der Waals surface area contributed by atoms with Crippen LogP contribution < -0.4 is 5.32 Å². The number of ether oxygens (including phenoxy) is 2. The minimum absolute atomic E-state index is 0.178. The Morgan fingerprint density at radius 2 is 2.00 bits per heavy atom. The second-order valence-electron chi connectivity index (χ2n) is 7.24. The van der Waals surface area contributed by atoms with Crippen LogP contribution in [0.4, 0.5) is 9.59 Å². The molecule has 1 N–H and O–H groups in total. The van der Waals surface area contributed by atoms with Gasteiger partial charge in [0.2, 0.25) is 0 Å². The van der Waals surface area contributed by atoms with Gasteiger partial charge in [-0.1, -0.05) is 36.3 Å². The van der Waals surface area contributed by atoms with E-state index in [4.69, 9.17) is 15.9 Å². The van der Waals surface area contributed by atoms with Crippen LogP contribution in [-0.4, -0.2) is 41.3 Å². The number of benzene rings is 1. The number of amides is 2. The van der Waals surface area contributed by atoms with Crippen LogP contribution in [-0.2, 0) is 16.1 Å². The molecule has 0 saturated carbocycles. The van der Waals surface area contributed by atoms with Crippen LogP contribution in [0.1, 0.15) is 39.2 Å². The predicted molar refractivity (Wildman–Crippen MR) is 98.3 cm³/mol. The zero-order valence-corrected chi connectivity index (χ0v) is 15.5. The van der Waals surface area contributed by atoms with Crippen molar-refractivity contribution in [2.45, 2.75) is 57.9 Å². The van der Waals surface area contributed by atoms with E-state index < -0.39 is 23.8 Å².